The first kappa shape index (κ1) is 15.9. The van der Waals surface area contributed by atoms with Crippen molar-refractivity contribution in [3.05, 3.63) is 29.8 Å². The number of anilines is 1. The Morgan fingerprint density at radius 2 is 1.67 bits per heavy atom. The van der Waals surface area contributed by atoms with Gasteiger partial charge in [-0.1, -0.05) is 19.3 Å². The topological polar surface area (TPSA) is 41.1 Å². The molecule has 1 aliphatic rings. The molecule has 1 fully saturated rings. The van der Waals surface area contributed by atoms with Gasteiger partial charge in [-0.3, -0.25) is 4.79 Å². The second-order valence-electron chi connectivity index (χ2n) is 6.54. The van der Waals surface area contributed by atoms with Crippen LogP contribution in [0, 0.1) is 5.92 Å². The summed E-state index contributed by atoms with van der Waals surface area (Å²) >= 11 is 0. The summed E-state index contributed by atoms with van der Waals surface area (Å²) in [7, 11) is 0. The van der Waals surface area contributed by atoms with Gasteiger partial charge in [0.1, 0.15) is 0 Å². The smallest absolute Gasteiger partial charge is 0.251 e. The molecule has 1 amide bonds. The summed E-state index contributed by atoms with van der Waals surface area (Å²) in [5.41, 5.74) is 1.83. The van der Waals surface area contributed by atoms with Gasteiger partial charge >= 0.3 is 0 Å². The minimum atomic E-state index is -0.00289. The van der Waals surface area contributed by atoms with E-state index in [1.165, 1.54) is 32.1 Å². The van der Waals surface area contributed by atoms with E-state index < -0.39 is 0 Å². The van der Waals surface area contributed by atoms with E-state index in [9.17, 15) is 4.79 Å². The van der Waals surface area contributed by atoms with E-state index in [2.05, 4.69) is 17.6 Å². The van der Waals surface area contributed by atoms with Gasteiger partial charge in [0.25, 0.3) is 5.91 Å². The van der Waals surface area contributed by atoms with Crippen LogP contribution in [0.2, 0.25) is 0 Å². The zero-order valence-corrected chi connectivity index (χ0v) is 13.5. The zero-order valence-electron chi connectivity index (χ0n) is 13.5. The SMILES string of the molecule is CC(C)NC(=O)c1ccc(NC(C)C2CCCCC2)cc1. The summed E-state index contributed by atoms with van der Waals surface area (Å²) in [5.74, 6) is 0.777. The van der Waals surface area contributed by atoms with Crippen molar-refractivity contribution in [3.63, 3.8) is 0 Å². The molecule has 1 unspecified atom stereocenters. The summed E-state index contributed by atoms with van der Waals surface area (Å²) in [6, 6.07) is 8.48. The Bertz CT molecular complexity index is 447. The van der Waals surface area contributed by atoms with Crippen LogP contribution in [0.4, 0.5) is 5.69 Å². The van der Waals surface area contributed by atoms with Crippen LogP contribution in [0.25, 0.3) is 0 Å². The zero-order chi connectivity index (χ0) is 15.2. The number of nitrogens with one attached hydrogen (secondary N) is 2. The van der Waals surface area contributed by atoms with E-state index in [4.69, 9.17) is 0 Å². The molecular formula is C18H28N2O. The predicted octanol–water partition coefficient (Wildman–Crippen LogP) is 4.21. The van der Waals surface area contributed by atoms with Crippen molar-refractivity contribution in [1.29, 1.82) is 0 Å². The molecule has 0 aliphatic heterocycles. The van der Waals surface area contributed by atoms with E-state index in [0.717, 1.165) is 17.2 Å². The van der Waals surface area contributed by atoms with Crippen molar-refractivity contribution in [2.24, 2.45) is 5.92 Å². The number of carbonyl (C=O) groups is 1. The van der Waals surface area contributed by atoms with E-state index >= 15 is 0 Å². The monoisotopic (exact) mass is 288 g/mol. The Morgan fingerprint density at radius 1 is 1.05 bits per heavy atom. The molecule has 21 heavy (non-hydrogen) atoms. The van der Waals surface area contributed by atoms with Gasteiger partial charge in [-0.2, -0.15) is 0 Å². The molecule has 0 radical (unpaired) electrons. The first-order valence-corrected chi connectivity index (χ1v) is 8.23. The molecule has 1 atom stereocenters. The van der Waals surface area contributed by atoms with E-state index in [1.54, 1.807) is 0 Å². The second kappa shape index (κ2) is 7.48. The first-order chi connectivity index (χ1) is 10.1. The fourth-order valence-electron chi connectivity index (χ4n) is 3.08. The van der Waals surface area contributed by atoms with Crippen LogP contribution in [-0.2, 0) is 0 Å². The Kier molecular flexibility index (Phi) is 5.66. The van der Waals surface area contributed by atoms with Crippen LogP contribution >= 0.6 is 0 Å². The Morgan fingerprint density at radius 3 is 2.24 bits per heavy atom. The first-order valence-electron chi connectivity index (χ1n) is 8.23. The van der Waals surface area contributed by atoms with Gasteiger partial charge in [-0.15, -0.1) is 0 Å². The van der Waals surface area contributed by atoms with Crippen LogP contribution in [0.15, 0.2) is 24.3 Å². The van der Waals surface area contributed by atoms with Gasteiger partial charge in [-0.05, 0) is 63.8 Å². The average Bonchev–Trinajstić information content (AvgIpc) is 2.48. The fourth-order valence-corrected chi connectivity index (χ4v) is 3.08. The minimum Gasteiger partial charge on any atom is -0.382 e. The maximum Gasteiger partial charge on any atom is 0.251 e. The lowest BCUT2D eigenvalue weighted by Gasteiger charge is -2.29. The highest BCUT2D eigenvalue weighted by atomic mass is 16.1. The molecule has 0 bridgehead atoms. The molecule has 0 aromatic heterocycles. The third-order valence-electron chi connectivity index (χ3n) is 4.32. The number of hydrogen-bond acceptors (Lipinski definition) is 2. The van der Waals surface area contributed by atoms with Crippen LogP contribution in [0.5, 0.6) is 0 Å². The predicted molar refractivity (Wildman–Crippen MR) is 88.7 cm³/mol. The van der Waals surface area contributed by atoms with Gasteiger partial charge in [0.05, 0.1) is 0 Å². The summed E-state index contributed by atoms with van der Waals surface area (Å²) in [5, 5.41) is 6.50. The standard InChI is InChI=1S/C18H28N2O/c1-13(2)19-18(21)16-9-11-17(12-10-16)20-14(3)15-7-5-4-6-8-15/h9-15,20H,4-8H2,1-3H3,(H,19,21). The second-order valence-corrected chi connectivity index (χ2v) is 6.54. The van der Waals surface area contributed by atoms with Crippen molar-refractivity contribution < 1.29 is 4.79 Å². The maximum atomic E-state index is 11.9. The highest BCUT2D eigenvalue weighted by molar-refractivity contribution is 5.94. The number of hydrogen-bond donors (Lipinski definition) is 2. The van der Waals surface area contributed by atoms with Crippen molar-refractivity contribution in [1.82, 2.24) is 5.32 Å². The van der Waals surface area contributed by atoms with E-state index in [-0.39, 0.29) is 11.9 Å². The molecule has 3 heteroatoms. The molecule has 0 saturated heterocycles. The van der Waals surface area contributed by atoms with Crippen molar-refractivity contribution in [2.45, 2.75) is 65.0 Å². The summed E-state index contributed by atoms with van der Waals surface area (Å²) in [6.07, 6.45) is 6.80. The number of carbonyl (C=O) groups excluding carboxylic acids is 1. The lowest BCUT2D eigenvalue weighted by Crippen LogP contribution is -2.30. The fraction of sp³-hybridized carbons (Fsp3) is 0.611. The molecule has 0 spiro atoms. The summed E-state index contributed by atoms with van der Waals surface area (Å²) < 4.78 is 0. The van der Waals surface area contributed by atoms with Crippen LogP contribution in [-0.4, -0.2) is 18.0 Å². The maximum absolute atomic E-state index is 11.9. The quantitative estimate of drug-likeness (QED) is 0.852. The lowest BCUT2D eigenvalue weighted by atomic mass is 9.84. The third-order valence-corrected chi connectivity index (χ3v) is 4.32. The van der Waals surface area contributed by atoms with Crippen LogP contribution in [0.3, 0.4) is 0 Å². The summed E-state index contributed by atoms with van der Waals surface area (Å²) in [6.45, 7) is 6.22. The molecule has 0 heterocycles. The number of amides is 1. The molecular weight excluding hydrogens is 260 g/mol. The molecule has 1 aliphatic carbocycles. The van der Waals surface area contributed by atoms with Gasteiger partial charge in [0.2, 0.25) is 0 Å². The normalized spacial score (nSPS) is 17.5. The molecule has 2 N–H and O–H groups in total. The van der Waals surface area contributed by atoms with Crippen molar-refractivity contribution in [2.75, 3.05) is 5.32 Å². The average molecular weight is 288 g/mol. The third kappa shape index (κ3) is 4.76. The van der Waals surface area contributed by atoms with Crippen molar-refractivity contribution >= 4 is 11.6 Å². The minimum absolute atomic E-state index is 0.00289. The lowest BCUT2D eigenvalue weighted by molar-refractivity contribution is 0.0943. The largest absolute Gasteiger partial charge is 0.382 e. The molecule has 1 aromatic carbocycles. The number of rotatable bonds is 5. The highest BCUT2D eigenvalue weighted by Crippen LogP contribution is 2.28. The van der Waals surface area contributed by atoms with Crippen LogP contribution in [0.1, 0.15) is 63.2 Å². The van der Waals surface area contributed by atoms with Gasteiger partial charge in [-0.25, -0.2) is 0 Å². The molecule has 1 saturated carbocycles. The van der Waals surface area contributed by atoms with Gasteiger partial charge in [0.15, 0.2) is 0 Å². The Labute approximate surface area is 128 Å². The van der Waals surface area contributed by atoms with Gasteiger partial charge < -0.3 is 10.6 Å². The Balaban J connectivity index is 1.91. The number of benzene rings is 1. The molecule has 3 nitrogen and oxygen atoms in total. The molecule has 2 rings (SSSR count). The van der Waals surface area contributed by atoms with E-state index in [0.29, 0.717) is 6.04 Å². The van der Waals surface area contributed by atoms with Crippen LogP contribution < -0.4 is 10.6 Å². The highest BCUT2D eigenvalue weighted by Gasteiger charge is 2.19. The molecule has 1 aromatic rings. The van der Waals surface area contributed by atoms with Crippen molar-refractivity contribution in [3.8, 4) is 0 Å². The Hall–Kier alpha value is -1.51. The van der Waals surface area contributed by atoms with E-state index in [1.807, 2.05) is 38.1 Å². The van der Waals surface area contributed by atoms with Gasteiger partial charge in [0, 0.05) is 23.3 Å². The summed E-state index contributed by atoms with van der Waals surface area (Å²) in [4.78, 5) is 11.9. The molecule has 116 valence electrons.